The number of para-hydroxylation sites is 2. The monoisotopic (exact) mass is 357 g/mol. The Bertz CT molecular complexity index is 737. The highest BCUT2D eigenvalue weighted by molar-refractivity contribution is 5.91. The standard InChI is InChI=1S/C19H23N3O4/c1-25-16-6-3-2-5-15(16)20-9-8-18(23)21-10-12-22(13-11-21)19(24)17-7-4-14-26-17/h2-7,14,20H,8-13H2,1H3. The van der Waals surface area contributed by atoms with Gasteiger partial charge in [0.25, 0.3) is 5.91 Å². The predicted octanol–water partition coefficient (Wildman–Crippen LogP) is 2.07. The molecule has 0 saturated carbocycles. The fraction of sp³-hybridized carbons (Fsp3) is 0.368. The van der Waals surface area contributed by atoms with Crippen molar-refractivity contribution in [2.45, 2.75) is 6.42 Å². The molecule has 2 aromatic rings. The van der Waals surface area contributed by atoms with Crippen molar-refractivity contribution in [2.24, 2.45) is 0 Å². The van der Waals surface area contributed by atoms with Crippen LogP contribution in [0.3, 0.4) is 0 Å². The normalized spacial score (nSPS) is 14.2. The molecular weight excluding hydrogens is 334 g/mol. The summed E-state index contributed by atoms with van der Waals surface area (Å²) in [5.74, 6) is 1.05. The van der Waals surface area contributed by atoms with Gasteiger partial charge in [-0.15, -0.1) is 0 Å². The maximum atomic E-state index is 12.4. The van der Waals surface area contributed by atoms with Gasteiger partial charge in [0, 0.05) is 39.1 Å². The molecule has 1 N–H and O–H groups in total. The number of nitrogens with zero attached hydrogens (tertiary/aromatic N) is 2. The van der Waals surface area contributed by atoms with Crippen LogP contribution in [0.25, 0.3) is 0 Å². The van der Waals surface area contributed by atoms with Gasteiger partial charge in [0.15, 0.2) is 5.76 Å². The van der Waals surface area contributed by atoms with Gasteiger partial charge in [0.1, 0.15) is 5.75 Å². The molecule has 0 bridgehead atoms. The number of ether oxygens (including phenoxy) is 1. The van der Waals surface area contributed by atoms with Crippen LogP contribution in [0.15, 0.2) is 47.1 Å². The quantitative estimate of drug-likeness (QED) is 0.857. The van der Waals surface area contributed by atoms with E-state index in [2.05, 4.69) is 5.32 Å². The summed E-state index contributed by atoms with van der Waals surface area (Å²) in [5.41, 5.74) is 0.872. The van der Waals surface area contributed by atoms with Crippen LogP contribution in [-0.2, 0) is 4.79 Å². The van der Waals surface area contributed by atoms with Gasteiger partial charge in [-0.25, -0.2) is 0 Å². The van der Waals surface area contributed by atoms with E-state index in [4.69, 9.17) is 9.15 Å². The highest BCUT2D eigenvalue weighted by Gasteiger charge is 2.25. The Balaban J connectivity index is 1.43. The summed E-state index contributed by atoms with van der Waals surface area (Å²) in [6.45, 7) is 2.65. The van der Waals surface area contributed by atoms with E-state index in [1.165, 1.54) is 6.26 Å². The van der Waals surface area contributed by atoms with Crippen LogP contribution in [-0.4, -0.2) is 61.4 Å². The maximum absolute atomic E-state index is 12.4. The largest absolute Gasteiger partial charge is 0.495 e. The zero-order valence-corrected chi connectivity index (χ0v) is 14.8. The first-order valence-corrected chi connectivity index (χ1v) is 8.66. The first kappa shape index (κ1) is 17.8. The molecule has 1 aromatic heterocycles. The van der Waals surface area contributed by atoms with Gasteiger partial charge >= 0.3 is 0 Å². The summed E-state index contributed by atoms with van der Waals surface area (Å²) in [7, 11) is 1.62. The summed E-state index contributed by atoms with van der Waals surface area (Å²) in [6, 6.07) is 11.0. The first-order chi connectivity index (χ1) is 12.7. The number of piperazine rings is 1. The molecule has 1 aromatic carbocycles. The van der Waals surface area contributed by atoms with Crippen LogP contribution in [0.2, 0.25) is 0 Å². The Morgan fingerprint density at radius 2 is 1.81 bits per heavy atom. The lowest BCUT2D eigenvalue weighted by atomic mass is 10.2. The van der Waals surface area contributed by atoms with Gasteiger partial charge in [0.05, 0.1) is 19.1 Å². The zero-order chi connectivity index (χ0) is 18.4. The van der Waals surface area contributed by atoms with Gasteiger partial charge in [-0.05, 0) is 24.3 Å². The van der Waals surface area contributed by atoms with Crippen molar-refractivity contribution >= 4 is 17.5 Å². The number of methoxy groups -OCH3 is 1. The molecule has 1 saturated heterocycles. The first-order valence-electron chi connectivity index (χ1n) is 8.66. The molecule has 7 heteroatoms. The van der Waals surface area contributed by atoms with Gasteiger partial charge in [-0.1, -0.05) is 12.1 Å². The molecule has 26 heavy (non-hydrogen) atoms. The van der Waals surface area contributed by atoms with E-state index in [1.807, 2.05) is 24.3 Å². The lowest BCUT2D eigenvalue weighted by Crippen LogP contribution is -2.50. The van der Waals surface area contributed by atoms with E-state index in [0.717, 1.165) is 11.4 Å². The number of hydrogen-bond acceptors (Lipinski definition) is 5. The van der Waals surface area contributed by atoms with E-state index >= 15 is 0 Å². The third-order valence-corrected chi connectivity index (χ3v) is 4.41. The van der Waals surface area contributed by atoms with Crippen LogP contribution >= 0.6 is 0 Å². The lowest BCUT2D eigenvalue weighted by Gasteiger charge is -2.34. The van der Waals surface area contributed by atoms with Crippen molar-refractivity contribution in [2.75, 3.05) is 45.2 Å². The highest BCUT2D eigenvalue weighted by atomic mass is 16.5. The second kappa shape index (κ2) is 8.42. The summed E-state index contributed by atoms with van der Waals surface area (Å²) in [6.07, 6.45) is 1.88. The van der Waals surface area contributed by atoms with Crippen molar-refractivity contribution in [3.63, 3.8) is 0 Å². The lowest BCUT2D eigenvalue weighted by molar-refractivity contribution is -0.132. The molecule has 0 aliphatic carbocycles. The van der Waals surface area contributed by atoms with Crippen LogP contribution in [0.5, 0.6) is 5.75 Å². The number of amides is 2. The van der Waals surface area contributed by atoms with Crippen LogP contribution < -0.4 is 10.1 Å². The molecule has 1 aliphatic heterocycles. The molecular formula is C19H23N3O4. The predicted molar refractivity (Wildman–Crippen MR) is 97.3 cm³/mol. The molecule has 7 nitrogen and oxygen atoms in total. The minimum absolute atomic E-state index is 0.0810. The third-order valence-electron chi connectivity index (χ3n) is 4.41. The summed E-state index contributed by atoms with van der Waals surface area (Å²) in [4.78, 5) is 28.1. The Hall–Kier alpha value is -2.96. The van der Waals surface area contributed by atoms with E-state index in [0.29, 0.717) is 44.9 Å². The second-order valence-corrected chi connectivity index (χ2v) is 6.03. The van der Waals surface area contributed by atoms with Gasteiger partial charge in [-0.2, -0.15) is 0 Å². The van der Waals surface area contributed by atoms with Gasteiger partial charge < -0.3 is 24.3 Å². The number of hydrogen-bond donors (Lipinski definition) is 1. The highest BCUT2D eigenvalue weighted by Crippen LogP contribution is 2.22. The van der Waals surface area contributed by atoms with Crippen molar-refractivity contribution in [1.82, 2.24) is 9.80 Å². The molecule has 1 aliphatic rings. The van der Waals surface area contributed by atoms with E-state index in [9.17, 15) is 9.59 Å². The SMILES string of the molecule is COc1ccccc1NCCC(=O)N1CCN(C(=O)c2ccco2)CC1. The Kier molecular flexibility index (Phi) is 5.78. The number of furan rings is 1. The third kappa shape index (κ3) is 4.17. The molecule has 0 unspecified atom stereocenters. The maximum Gasteiger partial charge on any atom is 0.289 e. The number of rotatable bonds is 6. The summed E-state index contributed by atoms with van der Waals surface area (Å²) >= 11 is 0. The Morgan fingerprint density at radius 3 is 2.50 bits per heavy atom. The number of benzene rings is 1. The number of anilines is 1. The minimum atomic E-state index is -0.125. The van der Waals surface area contributed by atoms with Crippen molar-refractivity contribution in [3.05, 3.63) is 48.4 Å². The summed E-state index contributed by atoms with van der Waals surface area (Å²) in [5, 5.41) is 3.23. The molecule has 138 valence electrons. The second-order valence-electron chi connectivity index (χ2n) is 6.03. The fourth-order valence-electron chi connectivity index (χ4n) is 2.97. The summed E-state index contributed by atoms with van der Waals surface area (Å²) < 4.78 is 10.4. The topological polar surface area (TPSA) is 75.0 Å². The zero-order valence-electron chi connectivity index (χ0n) is 14.8. The number of nitrogens with one attached hydrogen (secondary N) is 1. The molecule has 2 heterocycles. The van der Waals surface area contributed by atoms with Crippen LogP contribution in [0.1, 0.15) is 17.0 Å². The average Bonchev–Trinajstić information content (AvgIpc) is 3.22. The molecule has 3 rings (SSSR count). The van der Waals surface area contributed by atoms with Crippen LogP contribution in [0.4, 0.5) is 5.69 Å². The van der Waals surface area contributed by atoms with Gasteiger partial charge in [-0.3, -0.25) is 9.59 Å². The Labute approximate surface area is 152 Å². The van der Waals surface area contributed by atoms with Gasteiger partial charge in [0.2, 0.25) is 5.91 Å². The smallest absolute Gasteiger partial charge is 0.289 e. The molecule has 0 spiro atoms. The number of carbonyl (C=O) groups excluding carboxylic acids is 2. The fourth-order valence-corrected chi connectivity index (χ4v) is 2.97. The molecule has 2 amide bonds. The Morgan fingerprint density at radius 1 is 1.08 bits per heavy atom. The van der Waals surface area contributed by atoms with E-state index < -0.39 is 0 Å². The van der Waals surface area contributed by atoms with Crippen molar-refractivity contribution in [1.29, 1.82) is 0 Å². The van der Waals surface area contributed by atoms with Crippen LogP contribution in [0, 0.1) is 0 Å². The van der Waals surface area contributed by atoms with E-state index in [1.54, 1.807) is 29.0 Å². The molecule has 0 radical (unpaired) electrons. The minimum Gasteiger partial charge on any atom is -0.495 e. The van der Waals surface area contributed by atoms with Crippen molar-refractivity contribution < 1.29 is 18.7 Å². The van der Waals surface area contributed by atoms with Crippen molar-refractivity contribution in [3.8, 4) is 5.75 Å². The number of carbonyl (C=O) groups is 2. The average molecular weight is 357 g/mol. The molecule has 0 atom stereocenters. The van der Waals surface area contributed by atoms with E-state index in [-0.39, 0.29) is 11.8 Å². The molecule has 1 fully saturated rings.